The van der Waals surface area contributed by atoms with Crippen molar-refractivity contribution in [2.45, 2.75) is 18.5 Å². The van der Waals surface area contributed by atoms with Crippen molar-refractivity contribution in [2.75, 3.05) is 13.1 Å². The van der Waals surface area contributed by atoms with Crippen molar-refractivity contribution in [3.8, 4) is 11.5 Å². The van der Waals surface area contributed by atoms with Crippen molar-refractivity contribution in [2.24, 2.45) is 5.73 Å². The van der Waals surface area contributed by atoms with E-state index in [-0.39, 0.29) is 6.04 Å². The zero-order valence-corrected chi connectivity index (χ0v) is 13.4. The number of likely N-dealkylation sites (tertiary alicyclic amines) is 1. The van der Waals surface area contributed by atoms with Crippen LogP contribution < -0.4 is 5.73 Å². The number of benzene rings is 2. The smallest absolute Gasteiger partial charge is 0.257 e. The summed E-state index contributed by atoms with van der Waals surface area (Å²) >= 11 is 0. The molecule has 24 heavy (non-hydrogen) atoms. The Kier molecular flexibility index (Phi) is 4.11. The minimum atomic E-state index is 0.132. The van der Waals surface area contributed by atoms with E-state index in [1.165, 1.54) is 5.56 Å². The predicted octanol–water partition coefficient (Wildman–Crippen LogP) is 2.66. The molecule has 3 aromatic rings. The van der Waals surface area contributed by atoms with Gasteiger partial charge in [-0.05, 0) is 17.7 Å². The first kappa shape index (κ1) is 15.1. The van der Waals surface area contributed by atoms with Gasteiger partial charge in [0.05, 0.1) is 6.54 Å². The quantitative estimate of drug-likeness (QED) is 0.800. The Morgan fingerprint density at radius 2 is 1.71 bits per heavy atom. The Hall–Kier alpha value is -2.50. The molecular weight excluding hydrogens is 300 g/mol. The SMILES string of the molecule is N[C@@H]1CN(Cc2noc(-c3ccccc3)n2)C[C@H]1c1ccccc1. The van der Waals surface area contributed by atoms with Crippen LogP contribution in [-0.2, 0) is 6.54 Å². The summed E-state index contributed by atoms with van der Waals surface area (Å²) in [6.45, 7) is 2.42. The van der Waals surface area contributed by atoms with Crippen LogP contribution >= 0.6 is 0 Å². The monoisotopic (exact) mass is 320 g/mol. The van der Waals surface area contributed by atoms with Gasteiger partial charge in [0.1, 0.15) is 0 Å². The molecule has 2 atom stereocenters. The van der Waals surface area contributed by atoms with E-state index < -0.39 is 0 Å². The molecule has 2 N–H and O–H groups in total. The fraction of sp³-hybridized carbons (Fsp3) is 0.263. The van der Waals surface area contributed by atoms with Gasteiger partial charge in [-0.2, -0.15) is 4.98 Å². The minimum absolute atomic E-state index is 0.132. The summed E-state index contributed by atoms with van der Waals surface area (Å²) in [5.41, 5.74) is 8.58. The highest BCUT2D eigenvalue weighted by Gasteiger charge is 2.31. The Bertz CT molecular complexity index is 787. The van der Waals surface area contributed by atoms with Crippen LogP contribution in [0.2, 0.25) is 0 Å². The first-order valence-electron chi connectivity index (χ1n) is 8.20. The Labute approximate surface area is 141 Å². The zero-order valence-electron chi connectivity index (χ0n) is 13.4. The lowest BCUT2D eigenvalue weighted by molar-refractivity contribution is 0.306. The summed E-state index contributed by atoms with van der Waals surface area (Å²) in [4.78, 5) is 6.80. The molecule has 1 fully saturated rings. The van der Waals surface area contributed by atoms with Gasteiger partial charge in [0.2, 0.25) is 0 Å². The van der Waals surface area contributed by atoms with E-state index in [0.29, 0.717) is 24.2 Å². The molecule has 0 radical (unpaired) electrons. The topological polar surface area (TPSA) is 68.2 Å². The molecule has 0 aliphatic carbocycles. The summed E-state index contributed by atoms with van der Waals surface area (Å²) in [7, 11) is 0. The molecule has 5 nitrogen and oxygen atoms in total. The Balaban J connectivity index is 1.44. The third-order valence-electron chi connectivity index (χ3n) is 4.52. The number of hydrogen-bond donors (Lipinski definition) is 1. The molecule has 2 aromatic carbocycles. The molecule has 1 aliphatic rings. The first-order chi connectivity index (χ1) is 11.8. The van der Waals surface area contributed by atoms with E-state index in [1.807, 2.05) is 36.4 Å². The standard InChI is InChI=1S/C19H20N4O/c20-17-12-23(11-16(17)14-7-3-1-4-8-14)13-18-21-19(24-22-18)15-9-5-2-6-10-15/h1-10,16-17H,11-13,20H2/t16-,17+/m0/s1. The normalized spacial score (nSPS) is 21.2. The van der Waals surface area contributed by atoms with Crippen LogP contribution in [0.1, 0.15) is 17.3 Å². The van der Waals surface area contributed by atoms with E-state index in [9.17, 15) is 0 Å². The second kappa shape index (κ2) is 6.55. The summed E-state index contributed by atoms with van der Waals surface area (Å²) in [5.74, 6) is 1.62. The van der Waals surface area contributed by atoms with Gasteiger partial charge in [-0.15, -0.1) is 0 Å². The molecule has 1 aromatic heterocycles. The average Bonchev–Trinajstić information content (AvgIpc) is 3.23. The second-order valence-corrected chi connectivity index (χ2v) is 6.26. The van der Waals surface area contributed by atoms with Crippen LogP contribution in [0.25, 0.3) is 11.5 Å². The molecule has 122 valence electrons. The van der Waals surface area contributed by atoms with Crippen LogP contribution in [-0.4, -0.2) is 34.2 Å². The number of hydrogen-bond acceptors (Lipinski definition) is 5. The third-order valence-corrected chi connectivity index (χ3v) is 4.52. The maximum Gasteiger partial charge on any atom is 0.257 e. The van der Waals surface area contributed by atoms with Gasteiger partial charge < -0.3 is 10.3 Å². The maximum atomic E-state index is 6.35. The lowest BCUT2D eigenvalue weighted by Gasteiger charge is -2.14. The minimum Gasteiger partial charge on any atom is -0.334 e. The van der Waals surface area contributed by atoms with Gasteiger partial charge in [-0.1, -0.05) is 53.7 Å². The number of rotatable bonds is 4. The molecule has 0 unspecified atom stereocenters. The zero-order chi connectivity index (χ0) is 16.4. The molecule has 4 rings (SSSR count). The molecular formula is C19H20N4O. The fourth-order valence-electron chi connectivity index (χ4n) is 3.31. The van der Waals surface area contributed by atoms with Crippen molar-refractivity contribution in [1.29, 1.82) is 0 Å². The van der Waals surface area contributed by atoms with Gasteiger partial charge in [0, 0.05) is 30.6 Å². The van der Waals surface area contributed by atoms with Crippen molar-refractivity contribution in [3.63, 3.8) is 0 Å². The largest absolute Gasteiger partial charge is 0.334 e. The van der Waals surface area contributed by atoms with Crippen LogP contribution in [0, 0.1) is 0 Å². The van der Waals surface area contributed by atoms with Crippen LogP contribution in [0.15, 0.2) is 65.2 Å². The lowest BCUT2D eigenvalue weighted by atomic mass is 9.95. The highest BCUT2D eigenvalue weighted by Crippen LogP contribution is 2.27. The van der Waals surface area contributed by atoms with E-state index >= 15 is 0 Å². The van der Waals surface area contributed by atoms with E-state index in [4.69, 9.17) is 10.3 Å². The highest BCUT2D eigenvalue weighted by molar-refractivity contribution is 5.51. The number of nitrogens with two attached hydrogens (primary N) is 1. The summed E-state index contributed by atoms with van der Waals surface area (Å²) < 4.78 is 5.38. The number of nitrogens with zero attached hydrogens (tertiary/aromatic N) is 3. The Morgan fingerprint density at radius 3 is 2.46 bits per heavy atom. The Morgan fingerprint density at radius 1 is 1.00 bits per heavy atom. The second-order valence-electron chi connectivity index (χ2n) is 6.26. The van der Waals surface area contributed by atoms with Gasteiger partial charge in [-0.3, -0.25) is 4.90 Å². The highest BCUT2D eigenvalue weighted by atomic mass is 16.5. The molecule has 1 saturated heterocycles. The van der Waals surface area contributed by atoms with Crippen molar-refractivity contribution in [3.05, 3.63) is 72.1 Å². The summed E-state index contributed by atoms with van der Waals surface area (Å²) in [6.07, 6.45) is 0. The lowest BCUT2D eigenvalue weighted by Crippen LogP contribution is -2.28. The van der Waals surface area contributed by atoms with Crippen LogP contribution in [0.3, 0.4) is 0 Å². The molecule has 0 bridgehead atoms. The molecule has 0 amide bonds. The van der Waals surface area contributed by atoms with Crippen molar-refractivity contribution in [1.82, 2.24) is 15.0 Å². The van der Waals surface area contributed by atoms with E-state index in [2.05, 4.69) is 39.3 Å². The van der Waals surface area contributed by atoms with Gasteiger partial charge in [0.15, 0.2) is 5.82 Å². The maximum absolute atomic E-state index is 6.35. The first-order valence-corrected chi connectivity index (χ1v) is 8.20. The summed E-state index contributed by atoms with van der Waals surface area (Å²) in [6, 6.07) is 20.4. The summed E-state index contributed by atoms with van der Waals surface area (Å²) in [5, 5.41) is 4.11. The van der Waals surface area contributed by atoms with Crippen LogP contribution in [0.4, 0.5) is 0 Å². The van der Waals surface area contributed by atoms with Crippen molar-refractivity contribution >= 4 is 0 Å². The average molecular weight is 320 g/mol. The van der Waals surface area contributed by atoms with Gasteiger partial charge >= 0.3 is 0 Å². The van der Waals surface area contributed by atoms with Gasteiger partial charge in [0.25, 0.3) is 5.89 Å². The van der Waals surface area contributed by atoms with E-state index in [1.54, 1.807) is 0 Å². The molecule has 2 heterocycles. The molecule has 0 spiro atoms. The molecule has 1 aliphatic heterocycles. The molecule has 5 heteroatoms. The predicted molar refractivity (Wildman–Crippen MR) is 92.2 cm³/mol. The molecule has 0 saturated carbocycles. The van der Waals surface area contributed by atoms with Gasteiger partial charge in [-0.25, -0.2) is 0 Å². The number of aromatic nitrogens is 2. The third kappa shape index (κ3) is 3.09. The fourth-order valence-corrected chi connectivity index (χ4v) is 3.31. The van der Waals surface area contributed by atoms with Crippen LogP contribution in [0.5, 0.6) is 0 Å². The van der Waals surface area contributed by atoms with Crippen molar-refractivity contribution < 1.29 is 4.52 Å². The van der Waals surface area contributed by atoms with E-state index in [0.717, 1.165) is 18.7 Å².